The van der Waals surface area contributed by atoms with E-state index in [2.05, 4.69) is 5.32 Å². The summed E-state index contributed by atoms with van der Waals surface area (Å²) in [6, 6.07) is 16.9. The maximum absolute atomic E-state index is 14.1. The van der Waals surface area contributed by atoms with Gasteiger partial charge in [-0.1, -0.05) is 47.5 Å². The van der Waals surface area contributed by atoms with E-state index in [0.29, 0.717) is 32.0 Å². The number of nitrogens with zero attached hydrogens (tertiary/aromatic N) is 1. The van der Waals surface area contributed by atoms with Crippen LogP contribution in [0.3, 0.4) is 0 Å². The molecular weight excluding hydrogens is 446 g/mol. The first-order chi connectivity index (χ1) is 14.4. The molecule has 0 saturated carbocycles. The minimum atomic E-state index is -0.352. The van der Waals surface area contributed by atoms with Crippen molar-refractivity contribution in [3.8, 4) is 5.75 Å². The molecular formula is C22H16Cl2FN2O2S+. The van der Waals surface area contributed by atoms with Crippen LogP contribution in [0.15, 0.2) is 60.7 Å². The molecule has 152 valence electrons. The van der Waals surface area contributed by atoms with Crippen LogP contribution in [0.2, 0.25) is 10.0 Å². The summed E-state index contributed by atoms with van der Waals surface area (Å²) in [6.45, 7) is 0.183. The van der Waals surface area contributed by atoms with Gasteiger partial charge in [0.25, 0.3) is 0 Å². The summed E-state index contributed by atoms with van der Waals surface area (Å²) in [6.07, 6.45) is 0. The summed E-state index contributed by atoms with van der Waals surface area (Å²) in [7, 11) is 1.71. The first-order valence-corrected chi connectivity index (χ1v) is 10.6. The van der Waals surface area contributed by atoms with Crippen LogP contribution in [0.1, 0.15) is 15.9 Å². The number of aromatic nitrogens is 1. The SMILES string of the molecule is C[n+]1c(NC(=O)c2ccccc2OCc2ccc(Cl)cc2Cl)sc2cccc(F)c21. The van der Waals surface area contributed by atoms with Gasteiger partial charge in [-0.05, 0) is 47.7 Å². The van der Waals surface area contributed by atoms with Crippen LogP contribution in [0, 0.1) is 5.82 Å². The minimum absolute atomic E-state index is 0.183. The number of rotatable bonds is 5. The Balaban J connectivity index is 1.57. The van der Waals surface area contributed by atoms with Crippen LogP contribution in [0.25, 0.3) is 10.2 Å². The number of hydrogen-bond acceptors (Lipinski definition) is 3. The summed E-state index contributed by atoms with van der Waals surface area (Å²) < 4.78 is 22.4. The molecule has 1 amide bonds. The molecule has 4 nitrogen and oxygen atoms in total. The standard InChI is InChI=1S/C22H15Cl2FN2O2S/c1-27-20-17(25)6-4-8-19(20)30-22(27)26-21(28)15-5-2-3-7-18(15)29-12-13-9-10-14(23)11-16(13)24/h2-11H,12H2,1H3/p+1. The second-order valence-corrected chi connectivity index (χ2v) is 8.40. The predicted molar refractivity (Wildman–Crippen MR) is 118 cm³/mol. The lowest BCUT2D eigenvalue weighted by molar-refractivity contribution is -0.627. The van der Waals surface area contributed by atoms with Crippen molar-refractivity contribution in [1.82, 2.24) is 0 Å². The molecule has 4 rings (SSSR count). The number of hydrogen-bond donors (Lipinski definition) is 1. The van der Waals surface area contributed by atoms with Gasteiger partial charge < -0.3 is 4.74 Å². The monoisotopic (exact) mass is 461 g/mol. The lowest BCUT2D eigenvalue weighted by Crippen LogP contribution is -2.32. The Morgan fingerprint density at radius 3 is 2.70 bits per heavy atom. The van der Waals surface area contributed by atoms with Gasteiger partial charge in [0.2, 0.25) is 0 Å². The quantitative estimate of drug-likeness (QED) is 0.370. The molecule has 0 aliphatic carbocycles. The number of halogens is 3. The van der Waals surface area contributed by atoms with Crippen molar-refractivity contribution in [2.24, 2.45) is 7.05 Å². The molecule has 0 fully saturated rings. The fraction of sp³-hybridized carbons (Fsp3) is 0.0909. The lowest BCUT2D eigenvalue weighted by Gasteiger charge is -2.10. The highest BCUT2D eigenvalue weighted by molar-refractivity contribution is 7.21. The van der Waals surface area contributed by atoms with E-state index in [9.17, 15) is 9.18 Å². The highest BCUT2D eigenvalue weighted by Gasteiger charge is 2.24. The van der Waals surface area contributed by atoms with Crippen LogP contribution >= 0.6 is 34.5 Å². The van der Waals surface area contributed by atoms with E-state index < -0.39 is 0 Å². The Kier molecular flexibility index (Phi) is 5.90. The molecule has 0 aliphatic heterocycles. The average Bonchev–Trinajstić information content (AvgIpc) is 3.04. The number of aryl methyl sites for hydroxylation is 1. The zero-order valence-corrected chi connectivity index (χ0v) is 18.1. The number of anilines is 1. The molecule has 1 aromatic heterocycles. The number of amides is 1. The largest absolute Gasteiger partial charge is 0.488 e. The fourth-order valence-electron chi connectivity index (χ4n) is 3.03. The second kappa shape index (κ2) is 8.60. The average molecular weight is 462 g/mol. The van der Waals surface area contributed by atoms with Gasteiger partial charge in [-0.15, -0.1) is 0 Å². The van der Waals surface area contributed by atoms with E-state index >= 15 is 0 Å². The molecule has 0 spiro atoms. The van der Waals surface area contributed by atoms with Crippen molar-refractivity contribution in [2.45, 2.75) is 6.61 Å². The number of carbonyl (C=O) groups is 1. The number of para-hydroxylation sites is 2. The second-order valence-electron chi connectivity index (χ2n) is 6.53. The summed E-state index contributed by atoms with van der Waals surface area (Å²) in [5, 5.41) is 4.40. The van der Waals surface area contributed by atoms with Crippen molar-refractivity contribution < 1.29 is 18.5 Å². The Bertz CT molecular complexity index is 1260. The molecule has 0 bridgehead atoms. The third kappa shape index (κ3) is 4.12. The number of nitrogens with one attached hydrogen (secondary N) is 1. The van der Waals surface area contributed by atoms with Crippen LogP contribution < -0.4 is 14.6 Å². The molecule has 0 saturated heterocycles. The lowest BCUT2D eigenvalue weighted by atomic mass is 10.2. The molecule has 1 N–H and O–H groups in total. The fourth-order valence-corrected chi connectivity index (χ4v) is 4.55. The Morgan fingerprint density at radius 1 is 1.13 bits per heavy atom. The van der Waals surface area contributed by atoms with E-state index in [1.165, 1.54) is 17.4 Å². The first-order valence-electron chi connectivity index (χ1n) is 8.98. The summed E-state index contributed by atoms with van der Waals surface area (Å²) in [5.74, 6) is -0.276. The van der Waals surface area contributed by atoms with Gasteiger partial charge in [-0.2, -0.15) is 5.32 Å². The smallest absolute Gasteiger partial charge is 0.343 e. The van der Waals surface area contributed by atoms with Gasteiger partial charge in [0.05, 0.1) is 11.7 Å². The van der Waals surface area contributed by atoms with E-state index in [4.69, 9.17) is 27.9 Å². The highest BCUT2D eigenvalue weighted by atomic mass is 35.5. The summed E-state index contributed by atoms with van der Waals surface area (Å²) >= 11 is 13.4. The molecule has 0 unspecified atom stereocenters. The topological polar surface area (TPSA) is 42.2 Å². The molecule has 1 heterocycles. The normalized spacial score (nSPS) is 10.9. The van der Waals surface area contributed by atoms with Gasteiger partial charge >= 0.3 is 11.0 Å². The minimum Gasteiger partial charge on any atom is -0.488 e. The molecule has 4 aromatic rings. The van der Waals surface area contributed by atoms with Gasteiger partial charge in [0, 0.05) is 15.6 Å². The van der Waals surface area contributed by atoms with Crippen LogP contribution in [-0.2, 0) is 13.7 Å². The van der Waals surface area contributed by atoms with E-state index in [0.717, 1.165) is 10.3 Å². The van der Waals surface area contributed by atoms with Gasteiger partial charge in [0.15, 0.2) is 11.3 Å². The third-order valence-electron chi connectivity index (χ3n) is 4.55. The highest BCUT2D eigenvalue weighted by Crippen LogP contribution is 2.28. The Hall–Kier alpha value is -2.67. The van der Waals surface area contributed by atoms with Crippen molar-refractivity contribution in [3.63, 3.8) is 0 Å². The summed E-state index contributed by atoms with van der Waals surface area (Å²) in [5.41, 5.74) is 1.56. The predicted octanol–water partition coefficient (Wildman–Crippen LogP) is 6.00. The molecule has 3 aromatic carbocycles. The maximum atomic E-state index is 14.1. The van der Waals surface area contributed by atoms with Crippen molar-refractivity contribution >= 4 is 55.8 Å². The van der Waals surface area contributed by atoms with E-state index in [1.54, 1.807) is 60.1 Å². The molecule has 30 heavy (non-hydrogen) atoms. The Labute approximate surface area is 186 Å². The van der Waals surface area contributed by atoms with Crippen LogP contribution in [0.5, 0.6) is 5.75 Å². The zero-order valence-electron chi connectivity index (χ0n) is 15.8. The molecule has 8 heteroatoms. The number of carbonyl (C=O) groups excluding carboxylic acids is 1. The molecule has 0 atom stereocenters. The van der Waals surface area contributed by atoms with Crippen molar-refractivity contribution in [1.29, 1.82) is 0 Å². The molecule has 0 radical (unpaired) electrons. The number of ether oxygens (including phenoxy) is 1. The van der Waals surface area contributed by atoms with E-state index in [-0.39, 0.29) is 18.3 Å². The summed E-state index contributed by atoms with van der Waals surface area (Å²) in [4.78, 5) is 12.9. The number of benzene rings is 3. The van der Waals surface area contributed by atoms with Crippen LogP contribution in [0.4, 0.5) is 9.52 Å². The first kappa shape index (κ1) is 20.6. The maximum Gasteiger partial charge on any atom is 0.343 e. The van der Waals surface area contributed by atoms with Crippen LogP contribution in [-0.4, -0.2) is 5.91 Å². The Morgan fingerprint density at radius 2 is 1.93 bits per heavy atom. The number of thiazole rings is 1. The van der Waals surface area contributed by atoms with Gasteiger partial charge in [-0.3, -0.25) is 0 Å². The van der Waals surface area contributed by atoms with Gasteiger partial charge in [-0.25, -0.2) is 13.8 Å². The number of fused-ring (bicyclic) bond motifs is 1. The van der Waals surface area contributed by atoms with Gasteiger partial charge in [0.1, 0.15) is 17.9 Å². The third-order valence-corrected chi connectivity index (χ3v) is 6.25. The zero-order chi connectivity index (χ0) is 21.3. The van der Waals surface area contributed by atoms with Crippen molar-refractivity contribution in [3.05, 3.63) is 87.7 Å². The van der Waals surface area contributed by atoms with E-state index in [1.807, 2.05) is 6.07 Å². The molecule has 0 aliphatic rings. The van der Waals surface area contributed by atoms with Crippen molar-refractivity contribution in [2.75, 3.05) is 5.32 Å².